The topological polar surface area (TPSA) is 25.4 Å². The standard InChI is InChI=1S/C17H17BrN2OS2/c1-11-15(19-17(22-11)20-4-6-21-7-5-20)10-14-9-12-8-13(18)2-3-16(12)23-14/h2-3,8-9H,4-7,10H2,1H3. The molecule has 0 spiro atoms. The van der Waals surface area contributed by atoms with Crippen molar-refractivity contribution >= 4 is 53.8 Å². The number of aromatic nitrogens is 1. The summed E-state index contributed by atoms with van der Waals surface area (Å²) in [5.74, 6) is 0. The number of rotatable bonds is 3. The molecule has 0 bridgehead atoms. The van der Waals surface area contributed by atoms with Gasteiger partial charge in [-0.1, -0.05) is 15.9 Å². The first-order valence-electron chi connectivity index (χ1n) is 7.66. The molecule has 2 aromatic heterocycles. The molecular formula is C17H17BrN2OS2. The number of halogens is 1. The Bertz CT molecular complexity index is 836. The Morgan fingerprint density at radius 3 is 2.87 bits per heavy atom. The van der Waals surface area contributed by atoms with Crippen LogP contribution in [-0.4, -0.2) is 31.3 Å². The number of hydrogen-bond acceptors (Lipinski definition) is 5. The first-order valence-corrected chi connectivity index (χ1v) is 10.1. The number of benzene rings is 1. The van der Waals surface area contributed by atoms with E-state index >= 15 is 0 Å². The number of anilines is 1. The molecule has 0 unspecified atom stereocenters. The maximum atomic E-state index is 5.43. The lowest BCUT2D eigenvalue weighted by Crippen LogP contribution is -2.36. The monoisotopic (exact) mass is 408 g/mol. The molecule has 1 aliphatic rings. The van der Waals surface area contributed by atoms with Crippen LogP contribution in [0, 0.1) is 6.92 Å². The number of ether oxygens (including phenoxy) is 1. The van der Waals surface area contributed by atoms with E-state index in [2.05, 4.69) is 52.0 Å². The molecule has 4 rings (SSSR count). The number of fused-ring (bicyclic) bond motifs is 1. The van der Waals surface area contributed by atoms with Gasteiger partial charge in [-0.3, -0.25) is 0 Å². The highest BCUT2D eigenvalue weighted by molar-refractivity contribution is 9.10. The zero-order valence-electron chi connectivity index (χ0n) is 12.8. The van der Waals surface area contributed by atoms with Crippen LogP contribution >= 0.6 is 38.6 Å². The van der Waals surface area contributed by atoms with E-state index in [-0.39, 0.29) is 0 Å². The molecule has 0 saturated carbocycles. The van der Waals surface area contributed by atoms with E-state index in [0.29, 0.717) is 0 Å². The maximum absolute atomic E-state index is 5.43. The number of nitrogens with zero attached hydrogens (tertiary/aromatic N) is 2. The summed E-state index contributed by atoms with van der Waals surface area (Å²) in [5.41, 5.74) is 1.21. The lowest BCUT2D eigenvalue weighted by molar-refractivity contribution is 0.122. The molecule has 3 heterocycles. The Morgan fingerprint density at radius 1 is 1.22 bits per heavy atom. The molecule has 1 aliphatic heterocycles. The van der Waals surface area contributed by atoms with Crippen molar-refractivity contribution in [3.63, 3.8) is 0 Å². The summed E-state index contributed by atoms with van der Waals surface area (Å²) in [6, 6.07) is 8.76. The average Bonchev–Trinajstić information content (AvgIpc) is 3.11. The minimum atomic E-state index is 0.805. The number of hydrogen-bond donors (Lipinski definition) is 0. The van der Waals surface area contributed by atoms with Crippen LogP contribution in [0.4, 0.5) is 5.13 Å². The second-order valence-corrected chi connectivity index (χ2v) is 8.94. The molecule has 3 nitrogen and oxygen atoms in total. The second-order valence-electron chi connectivity index (χ2n) is 5.67. The first-order chi connectivity index (χ1) is 11.2. The van der Waals surface area contributed by atoms with Crippen molar-refractivity contribution in [3.05, 3.63) is 44.2 Å². The maximum Gasteiger partial charge on any atom is 0.185 e. The molecule has 0 aliphatic carbocycles. The highest BCUT2D eigenvalue weighted by Gasteiger charge is 2.17. The van der Waals surface area contributed by atoms with Crippen LogP contribution in [0.5, 0.6) is 0 Å². The fourth-order valence-corrected chi connectivity index (χ4v) is 5.19. The molecule has 6 heteroatoms. The van der Waals surface area contributed by atoms with E-state index in [1.54, 1.807) is 11.3 Å². The third-order valence-electron chi connectivity index (χ3n) is 4.03. The number of aryl methyl sites for hydroxylation is 1. The Morgan fingerprint density at radius 2 is 2.04 bits per heavy atom. The fraction of sp³-hybridized carbons (Fsp3) is 0.353. The van der Waals surface area contributed by atoms with E-state index in [4.69, 9.17) is 9.72 Å². The van der Waals surface area contributed by atoms with E-state index < -0.39 is 0 Å². The third-order valence-corrected chi connectivity index (χ3v) is 6.72. The van der Waals surface area contributed by atoms with Crippen LogP contribution in [-0.2, 0) is 11.2 Å². The predicted molar refractivity (Wildman–Crippen MR) is 102 cm³/mol. The SMILES string of the molecule is Cc1sc(N2CCOCC2)nc1Cc1cc2cc(Br)ccc2s1. The summed E-state index contributed by atoms with van der Waals surface area (Å²) in [6.07, 6.45) is 0.920. The van der Waals surface area contributed by atoms with Crippen molar-refractivity contribution in [2.45, 2.75) is 13.3 Å². The smallest absolute Gasteiger partial charge is 0.185 e. The van der Waals surface area contributed by atoms with Gasteiger partial charge in [-0.15, -0.1) is 22.7 Å². The van der Waals surface area contributed by atoms with E-state index in [0.717, 1.165) is 42.3 Å². The van der Waals surface area contributed by atoms with Crippen LogP contribution in [0.1, 0.15) is 15.4 Å². The van der Waals surface area contributed by atoms with Crippen molar-refractivity contribution in [1.29, 1.82) is 0 Å². The predicted octanol–water partition coefficient (Wildman–Crippen LogP) is 4.86. The number of thiazole rings is 1. The fourth-order valence-electron chi connectivity index (χ4n) is 2.79. The van der Waals surface area contributed by atoms with Crippen molar-refractivity contribution < 1.29 is 4.74 Å². The van der Waals surface area contributed by atoms with Crippen LogP contribution in [0.25, 0.3) is 10.1 Å². The van der Waals surface area contributed by atoms with Crippen LogP contribution in [0.2, 0.25) is 0 Å². The zero-order valence-corrected chi connectivity index (χ0v) is 16.1. The molecule has 0 N–H and O–H groups in total. The molecule has 0 amide bonds. The summed E-state index contributed by atoms with van der Waals surface area (Å²) in [4.78, 5) is 9.94. The van der Waals surface area contributed by atoms with Crippen LogP contribution < -0.4 is 4.90 Å². The molecule has 1 saturated heterocycles. The Labute approximate surface area is 152 Å². The second kappa shape index (κ2) is 6.51. The third kappa shape index (κ3) is 3.31. The van der Waals surface area contributed by atoms with Gasteiger partial charge in [0, 0.05) is 38.4 Å². The Kier molecular flexibility index (Phi) is 4.41. The highest BCUT2D eigenvalue weighted by atomic mass is 79.9. The molecule has 120 valence electrons. The van der Waals surface area contributed by atoms with Gasteiger partial charge in [-0.05, 0) is 36.6 Å². The molecule has 1 fully saturated rings. The van der Waals surface area contributed by atoms with Gasteiger partial charge in [0.2, 0.25) is 0 Å². The summed E-state index contributed by atoms with van der Waals surface area (Å²) < 4.78 is 7.90. The van der Waals surface area contributed by atoms with Gasteiger partial charge in [0.25, 0.3) is 0 Å². The van der Waals surface area contributed by atoms with Gasteiger partial charge in [-0.25, -0.2) is 4.98 Å². The average molecular weight is 409 g/mol. The normalized spacial score (nSPS) is 15.5. The Hall–Kier alpha value is -0.950. The molecule has 0 radical (unpaired) electrons. The molecule has 1 aromatic carbocycles. The zero-order chi connectivity index (χ0) is 15.8. The summed E-state index contributed by atoms with van der Waals surface area (Å²) >= 11 is 7.22. The Balaban J connectivity index is 1.58. The lowest BCUT2D eigenvalue weighted by atomic mass is 10.2. The van der Waals surface area contributed by atoms with Gasteiger partial charge in [0.05, 0.1) is 18.9 Å². The minimum Gasteiger partial charge on any atom is -0.378 e. The van der Waals surface area contributed by atoms with Gasteiger partial charge in [0.15, 0.2) is 5.13 Å². The van der Waals surface area contributed by atoms with E-state index in [1.807, 2.05) is 11.3 Å². The highest BCUT2D eigenvalue weighted by Crippen LogP contribution is 2.32. The molecule has 0 atom stereocenters. The lowest BCUT2D eigenvalue weighted by Gasteiger charge is -2.26. The van der Waals surface area contributed by atoms with Gasteiger partial charge in [-0.2, -0.15) is 0 Å². The number of morpholine rings is 1. The van der Waals surface area contributed by atoms with Crippen molar-refractivity contribution in [1.82, 2.24) is 4.98 Å². The largest absolute Gasteiger partial charge is 0.378 e. The summed E-state index contributed by atoms with van der Waals surface area (Å²) in [5, 5.41) is 2.45. The number of thiophene rings is 1. The van der Waals surface area contributed by atoms with Crippen LogP contribution in [0.15, 0.2) is 28.7 Å². The van der Waals surface area contributed by atoms with Crippen LogP contribution in [0.3, 0.4) is 0 Å². The van der Waals surface area contributed by atoms with Crippen molar-refractivity contribution in [2.24, 2.45) is 0 Å². The summed E-state index contributed by atoms with van der Waals surface area (Å²) in [6.45, 7) is 5.69. The molecule has 3 aromatic rings. The van der Waals surface area contributed by atoms with E-state index in [9.17, 15) is 0 Å². The summed E-state index contributed by atoms with van der Waals surface area (Å²) in [7, 11) is 0. The first kappa shape index (κ1) is 15.6. The van der Waals surface area contributed by atoms with Crippen molar-refractivity contribution in [3.8, 4) is 0 Å². The molecular weight excluding hydrogens is 392 g/mol. The quantitative estimate of drug-likeness (QED) is 0.618. The van der Waals surface area contributed by atoms with Gasteiger partial charge < -0.3 is 9.64 Å². The minimum absolute atomic E-state index is 0.805. The van der Waals surface area contributed by atoms with E-state index in [1.165, 1.54) is 25.5 Å². The van der Waals surface area contributed by atoms with Crippen molar-refractivity contribution in [2.75, 3.05) is 31.2 Å². The van der Waals surface area contributed by atoms with Gasteiger partial charge in [0.1, 0.15) is 0 Å². The van der Waals surface area contributed by atoms with Gasteiger partial charge >= 0.3 is 0 Å². The molecule has 23 heavy (non-hydrogen) atoms.